The number of halogens is 1. The van der Waals surface area contributed by atoms with Gasteiger partial charge in [0.1, 0.15) is 5.75 Å². The van der Waals surface area contributed by atoms with Gasteiger partial charge in [0, 0.05) is 5.56 Å². The zero-order chi connectivity index (χ0) is 16.8. The van der Waals surface area contributed by atoms with Crippen molar-refractivity contribution in [3.63, 3.8) is 0 Å². The van der Waals surface area contributed by atoms with Crippen LogP contribution in [0.3, 0.4) is 0 Å². The molecular weight excluding hydrogens is 356 g/mol. The highest BCUT2D eigenvalue weighted by Gasteiger charge is 2.11. The number of nitrogens with zero attached hydrogens (tertiary/aromatic N) is 1. The molecule has 2 aromatic carbocycles. The lowest BCUT2D eigenvalue weighted by Crippen LogP contribution is -2.22. The molecule has 0 aliphatic carbocycles. The van der Waals surface area contributed by atoms with E-state index in [9.17, 15) is 4.79 Å². The van der Waals surface area contributed by atoms with E-state index in [1.54, 1.807) is 25.3 Å². The van der Waals surface area contributed by atoms with Gasteiger partial charge in [-0.25, -0.2) is 5.43 Å². The number of hydrogen-bond acceptors (Lipinski definition) is 3. The number of hydrogen-bond donors (Lipinski definition) is 1. The fourth-order valence-corrected chi connectivity index (χ4v) is 2.66. The average molecular weight is 375 g/mol. The van der Waals surface area contributed by atoms with E-state index in [4.69, 9.17) is 4.74 Å². The van der Waals surface area contributed by atoms with Crippen LogP contribution in [0.4, 0.5) is 0 Å². The van der Waals surface area contributed by atoms with Crippen molar-refractivity contribution in [3.05, 3.63) is 64.1 Å². The summed E-state index contributed by atoms with van der Waals surface area (Å²) in [4.78, 5) is 12.3. The molecule has 0 bridgehead atoms. The van der Waals surface area contributed by atoms with Gasteiger partial charge in [0.25, 0.3) is 5.91 Å². The van der Waals surface area contributed by atoms with Crippen LogP contribution in [0.25, 0.3) is 0 Å². The molecule has 0 saturated heterocycles. The molecule has 0 heterocycles. The molecule has 0 saturated carbocycles. The topological polar surface area (TPSA) is 50.7 Å². The number of benzene rings is 2. The summed E-state index contributed by atoms with van der Waals surface area (Å²) in [5.41, 5.74) is 4.98. The highest BCUT2D eigenvalue weighted by atomic mass is 79.9. The minimum absolute atomic E-state index is 0.195. The molecule has 5 heteroatoms. The van der Waals surface area contributed by atoms with Crippen LogP contribution in [0.15, 0.2) is 58.1 Å². The van der Waals surface area contributed by atoms with Crippen molar-refractivity contribution in [2.45, 2.75) is 13.8 Å². The second-order valence-corrected chi connectivity index (χ2v) is 6.16. The Balaban J connectivity index is 2.19. The van der Waals surface area contributed by atoms with Gasteiger partial charge in [-0.2, -0.15) is 5.10 Å². The fourth-order valence-electron chi connectivity index (χ4n) is 2.12. The molecule has 1 N–H and O–H groups in total. The van der Waals surface area contributed by atoms with Crippen LogP contribution < -0.4 is 10.2 Å². The lowest BCUT2D eigenvalue weighted by molar-refractivity contribution is 0.0954. The standard InChI is InChI=1S/C18H19BrN2O2/c1-12(2)17(13-7-5-4-6-8-13)20-21-18(22)14-9-10-16(23-3)15(19)11-14/h4-12H,1-3H3,(H,21,22). The monoisotopic (exact) mass is 374 g/mol. The Labute approximate surface area is 144 Å². The normalized spacial score (nSPS) is 11.4. The number of carbonyl (C=O) groups excluding carboxylic acids is 1. The van der Waals surface area contributed by atoms with E-state index in [1.807, 2.05) is 44.2 Å². The molecule has 0 aromatic heterocycles. The Morgan fingerprint density at radius 1 is 1.13 bits per heavy atom. The van der Waals surface area contributed by atoms with Crippen LogP contribution in [0.5, 0.6) is 5.75 Å². The SMILES string of the molecule is COc1ccc(C(=O)NN=C(c2ccccc2)C(C)C)cc1Br. The molecule has 0 fully saturated rings. The molecule has 0 unspecified atom stereocenters. The average Bonchev–Trinajstić information content (AvgIpc) is 2.55. The van der Waals surface area contributed by atoms with Crippen molar-refractivity contribution >= 4 is 27.5 Å². The smallest absolute Gasteiger partial charge is 0.271 e. The van der Waals surface area contributed by atoms with Gasteiger partial charge in [-0.1, -0.05) is 44.2 Å². The van der Waals surface area contributed by atoms with Crippen LogP contribution in [-0.4, -0.2) is 18.7 Å². The first-order valence-corrected chi connectivity index (χ1v) is 8.09. The molecular formula is C18H19BrN2O2. The van der Waals surface area contributed by atoms with Crippen LogP contribution in [0, 0.1) is 5.92 Å². The molecule has 0 aliphatic rings. The number of ether oxygens (including phenoxy) is 1. The molecule has 0 aliphatic heterocycles. The van der Waals surface area contributed by atoms with Crippen molar-refractivity contribution in [2.75, 3.05) is 7.11 Å². The molecule has 0 spiro atoms. The van der Waals surface area contributed by atoms with E-state index < -0.39 is 0 Å². The Kier molecular flexibility index (Phi) is 5.93. The van der Waals surface area contributed by atoms with Gasteiger partial charge >= 0.3 is 0 Å². The quantitative estimate of drug-likeness (QED) is 0.628. The van der Waals surface area contributed by atoms with E-state index >= 15 is 0 Å². The first-order valence-electron chi connectivity index (χ1n) is 7.29. The Hall–Kier alpha value is -2.14. The summed E-state index contributed by atoms with van der Waals surface area (Å²) in [5, 5.41) is 4.31. The van der Waals surface area contributed by atoms with E-state index in [2.05, 4.69) is 26.5 Å². The molecule has 4 nitrogen and oxygen atoms in total. The summed E-state index contributed by atoms with van der Waals surface area (Å²) in [6.07, 6.45) is 0. The van der Waals surface area contributed by atoms with Gasteiger partial charge < -0.3 is 4.74 Å². The van der Waals surface area contributed by atoms with E-state index in [1.165, 1.54) is 0 Å². The molecule has 1 amide bonds. The number of rotatable bonds is 5. The van der Waals surface area contributed by atoms with Crippen LogP contribution in [-0.2, 0) is 0 Å². The number of hydrazone groups is 1. The third-order valence-electron chi connectivity index (χ3n) is 3.31. The third kappa shape index (κ3) is 4.42. The summed E-state index contributed by atoms with van der Waals surface area (Å²) in [6, 6.07) is 15.0. The first kappa shape index (κ1) is 17.2. The zero-order valence-corrected chi connectivity index (χ0v) is 14.9. The summed E-state index contributed by atoms with van der Waals surface area (Å²) in [7, 11) is 1.58. The molecule has 0 atom stereocenters. The van der Waals surface area contributed by atoms with Crippen molar-refractivity contribution in [1.29, 1.82) is 0 Å². The highest BCUT2D eigenvalue weighted by Crippen LogP contribution is 2.25. The third-order valence-corrected chi connectivity index (χ3v) is 3.93. The maximum atomic E-state index is 12.3. The maximum Gasteiger partial charge on any atom is 0.271 e. The minimum Gasteiger partial charge on any atom is -0.496 e. The molecule has 120 valence electrons. The Morgan fingerprint density at radius 3 is 2.39 bits per heavy atom. The predicted molar refractivity (Wildman–Crippen MR) is 96.0 cm³/mol. The van der Waals surface area contributed by atoms with Crippen molar-refractivity contribution in [1.82, 2.24) is 5.43 Å². The van der Waals surface area contributed by atoms with E-state index in [-0.39, 0.29) is 11.8 Å². The Bertz CT molecular complexity index is 712. The van der Waals surface area contributed by atoms with Gasteiger partial charge in [0.15, 0.2) is 0 Å². The van der Waals surface area contributed by atoms with Crippen molar-refractivity contribution in [3.8, 4) is 5.75 Å². The summed E-state index contributed by atoms with van der Waals surface area (Å²) < 4.78 is 5.89. The Morgan fingerprint density at radius 2 is 1.83 bits per heavy atom. The minimum atomic E-state index is -0.262. The predicted octanol–water partition coefficient (Wildman–Crippen LogP) is 4.25. The number of nitrogens with one attached hydrogen (secondary N) is 1. The molecule has 2 rings (SSSR count). The summed E-state index contributed by atoms with van der Waals surface area (Å²) in [5.74, 6) is 0.611. The second-order valence-electron chi connectivity index (χ2n) is 5.31. The molecule has 23 heavy (non-hydrogen) atoms. The maximum absolute atomic E-state index is 12.3. The van der Waals surface area contributed by atoms with Gasteiger partial charge in [-0.15, -0.1) is 0 Å². The van der Waals surface area contributed by atoms with Crippen molar-refractivity contribution in [2.24, 2.45) is 11.0 Å². The van der Waals surface area contributed by atoms with Crippen LogP contribution in [0.1, 0.15) is 29.8 Å². The number of amides is 1. The highest BCUT2D eigenvalue weighted by molar-refractivity contribution is 9.10. The van der Waals surface area contributed by atoms with E-state index in [0.717, 1.165) is 15.7 Å². The van der Waals surface area contributed by atoms with Crippen molar-refractivity contribution < 1.29 is 9.53 Å². The van der Waals surface area contributed by atoms with E-state index in [0.29, 0.717) is 11.3 Å². The largest absolute Gasteiger partial charge is 0.496 e. The lowest BCUT2D eigenvalue weighted by Gasteiger charge is -2.11. The van der Waals surface area contributed by atoms with Gasteiger partial charge in [0.2, 0.25) is 0 Å². The van der Waals surface area contributed by atoms with Gasteiger partial charge in [-0.3, -0.25) is 4.79 Å². The van der Waals surface area contributed by atoms with Gasteiger partial charge in [0.05, 0.1) is 17.3 Å². The van der Waals surface area contributed by atoms with Crippen LogP contribution >= 0.6 is 15.9 Å². The molecule has 2 aromatic rings. The number of methoxy groups -OCH3 is 1. The molecule has 0 radical (unpaired) electrons. The summed E-state index contributed by atoms with van der Waals surface area (Å²) in [6.45, 7) is 4.09. The lowest BCUT2D eigenvalue weighted by atomic mass is 10.0. The number of carbonyl (C=O) groups is 1. The van der Waals surface area contributed by atoms with Crippen LogP contribution in [0.2, 0.25) is 0 Å². The fraction of sp³-hybridized carbons (Fsp3) is 0.222. The zero-order valence-electron chi connectivity index (χ0n) is 13.3. The second kappa shape index (κ2) is 7.92. The van der Waals surface area contributed by atoms with Gasteiger partial charge in [-0.05, 0) is 45.6 Å². The first-order chi connectivity index (χ1) is 11.0. The summed E-state index contributed by atoms with van der Waals surface area (Å²) >= 11 is 3.37.